The van der Waals surface area contributed by atoms with Crippen LogP contribution in [0, 0.1) is 23.7 Å². The van der Waals surface area contributed by atoms with Gasteiger partial charge >= 0.3 is 23.9 Å². The van der Waals surface area contributed by atoms with Crippen LogP contribution in [0.5, 0.6) is 57.5 Å². The van der Waals surface area contributed by atoms with Crippen molar-refractivity contribution in [1.29, 1.82) is 0 Å². The van der Waals surface area contributed by atoms with E-state index in [4.69, 9.17) is 104 Å². The van der Waals surface area contributed by atoms with Crippen LogP contribution in [0.3, 0.4) is 0 Å². The minimum atomic E-state index is -1.54. The molecule has 4 aromatic carbocycles. The van der Waals surface area contributed by atoms with Gasteiger partial charge in [0.25, 0.3) is 0 Å². The molecule has 0 saturated carbocycles. The van der Waals surface area contributed by atoms with Gasteiger partial charge in [0, 0.05) is 23.7 Å². The molecule has 0 spiro atoms. The summed E-state index contributed by atoms with van der Waals surface area (Å²) in [7, 11) is 5.47. The molecule has 0 bridgehead atoms. The van der Waals surface area contributed by atoms with E-state index in [0.717, 1.165) is 0 Å². The van der Waals surface area contributed by atoms with Gasteiger partial charge in [0.1, 0.15) is 62.0 Å². The number of benzene rings is 4. The molecule has 4 aromatic rings. The predicted molar refractivity (Wildman–Crippen MR) is 306 cm³/mol. The molecule has 0 aromatic heterocycles. The maximum atomic E-state index is 14.0. The van der Waals surface area contributed by atoms with Gasteiger partial charge in [-0.25, -0.2) is 9.59 Å². The number of aliphatic hydroxyl groups excluding tert-OH is 4. The Balaban J connectivity index is 0.622. The summed E-state index contributed by atoms with van der Waals surface area (Å²) in [6.45, 7) is 1.76. The predicted octanol–water partition coefficient (Wildman–Crippen LogP) is 2.12. The van der Waals surface area contributed by atoms with Crippen molar-refractivity contribution >= 4 is 23.9 Å². The lowest BCUT2D eigenvalue weighted by atomic mass is 9.66. The molecule has 30 nitrogen and oxygen atoms in total. The van der Waals surface area contributed by atoms with Gasteiger partial charge < -0.3 is 125 Å². The molecule has 4 N–H and O–H groups in total. The number of carbonyl (C=O) groups is 4. The first-order valence-electron chi connectivity index (χ1n) is 30.7. The SMILES string of the molecule is COc1cc([C@@H]2c3cc4c(cc3C(OC3OC5COC(C)OC5C(O)C3O)[C@H]3COC(=O)[C@H]23)OCO4)cc(OC)c1OC(=O)COCCOCC(=O)Oc1c(OC)cc([C@@H]2c3cc4c(cc3C(OC3OC5COC(C)OC5C(O)C3O)[C@H]3COC(=O)[C@H]23)OCO4)cc1OC. The molecule has 506 valence electrons. The third-order valence-corrected chi connectivity index (χ3v) is 18.7. The Bertz CT molecular complexity index is 3260. The fourth-order valence-corrected chi connectivity index (χ4v) is 14.4. The van der Waals surface area contributed by atoms with E-state index in [9.17, 15) is 39.6 Å². The van der Waals surface area contributed by atoms with Gasteiger partial charge in [-0.1, -0.05) is 0 Å². The zero-order chi connectivity index (χ0) is 65.4. The molecule has 30 heteroatoms. The van der Waals surface area contributed by atoms with Crippen molar-refractivity contribution in [2.24, 2.45) is 23.7 Å². The van der Waals surface area contributed by atoms with Crippen LogP contribution in [0.1, 0.15) is 71.3 Å². The number of hydrogen-bond donors (Lipinski definition) is 4. The second-order valence-corrected chi connectivity index (χ2v) is 24.0. The number of cyclic esters (lactones) is 2. The highest BCUT2D eigenvalue weighted by molar-refractivity contribution is 5.81. The Morgan fingerprint density at radius 2 is 0.830 bits per heavy atom. The Morgan fingerprint density at radius 3 is 1.19 bits per heavy atom. The zero-order valence-electron chi connectivity index (χ0n) is 51.6. The van der Waals surface area contributed by atoms with E-state index in [-0.39, 0.29) is 87.7 Å². The molecule has 6 fully saturated rings. The highest BCUT2D eigenvalue weighted by atomic mass is 16.8. The third-order valence-electron chi connectivity index (χ3n) is 18.7. The summed E-state index contributed by atoms with van der Waals surface area (Å²) >= 11 is 0. The van der Waals surface area contributed by atoms with Gasteiger partial charge in [-0.2, -0.15) is 0 Å². The first-order chi connectivity index (χ1) is 45.5. The summed E-state index contributed by atoms with van der Waals surface area (Å²) in [5.41, 5.74) is 3.32. The van der Waals surface area contributed by atoms with Crippen molar-refractivity contribution in [2.45, 2.75) is 112 Å². The van der Waals surface area contributed by atoms with Gasteiger partial charge in [-0.15, -0.1) is 0 Å². The smallest absolute Gasteiger partial charge is 0.337 e. The molecule has 14 unspecified atom stereocenters. The molecule has 2 aliphatic carbocycles. The number of ether oxygens (including phenoxy) is 22. The number of esters is 4. The molecule has 20 atom stereocenters. The number of rotatable bonds is 19. The molecule has 6 saturated heterocycles. The number of fused-ring (bicyclic) bond motifs is 8. The summed E-state index contributed by atoms with van der Waals surface area (Å²) in [4.78, 5) is 54.8. The van der Waals surface area contributed by atoms with E-state index >= 15 is 0 Å². The second-order valence-electron chi connectivity index (χ2n) is 24.0. The molecular formula is C64H70O30. The van der Waals surface area contributed by atoms with Crippen LogP contribution >= 0.6 is 0 Å². The van der Waals surface area contributed by atoms with Crippen LogP contribution in [-0.2, 0) is 76.0 Å². The van der Waals surface area contributed by atoms with E-state index < -0.39 is 159 Å². The lowest BCUT2D eigenvalue weighted by Crippen LogP contribution is -2.63. The zero-order valence-corrected chi connectivity index (χ0v) is 51.6. The largest absolute Gasteiger partial charge is 0.493 e. The second kappa shape index (κ2) is 26.3. The first kappa shape index (κ1) is 64.0. The number of carbonyl (C=O) groups excluding carboxylic acids is 4. The maximum Gasteiger partial charge on any atom is 0.337 e. The Morgan fingerprint density at radius 1 is 0.468 bits per heavy atom. The van der Waals surface area contributed by atoms with Crippen molar-refractivity contribution in [3.05, 3.63) is 81.9 Å². The fraction of sp³-hybridized carbons (Fsp3) is 0.562. The third kappa shape index (κ3) is 11.6. The van der Waals surface area contributed by atoms with Crippen LogP contribution in [0.2, 0.25) is 0 Å². The van der Waals surface area contributed by atoms with E-state index in [2.05, 4.69) is 0 Å². The van der Waals surface area contributed by atoms with Gasteiger partial charge in [-0.05, 0) is 95.8 Å². The fourth-order valence-electron chi connectivity index (χ4n) is 14.4. The minimum absolute atomic E-state index is 0.0634. The molecule has 94 heavy (non-hydrogen) atoms. The average Bonchev–Trinajstić information content (AvgIpc) is 1.40. The molecule has 10 aliphatic rings. The van der Waals surface area contributed by atoms with Gasteiger partial charge in [0.05, 0.1) is 92.1 Å². The van der Waals surface area contributed by atoms with E-state index in [1.807, 2.05) is 0 Å². The molecule has 8 heterocycles. The molecular weight excluding hydrogens is 1250 g/mol. The number of hydrogen-bond acceptors (Lipinski definition) is 30. The van der Waals surface area contributed by atoms with Crippen molar-refractivity contribution in [2.75, 3.05) is 94.9 Å². The van der Waals surface area contributed by atoms with Crippen LogP contribution in [-0.4, -0.2) is 213 Å². The van der Waals surface area contributed by atoms with E-state index in [1.54, 1.807) is 62.4 Å². The van der Waals surface area contributed by atoms with Crippen LogP contribution < -0.4 is 47.4 Å². The average molecular weight is 1320 g/mol. The van der Waals surface area contributed by atoms with Crippen molar-refractivity contribution in [1.82, 2.24) is 0 Å². The summed E-state index contributed by atoms with van der Waals surface area (Å²) in [5.74, 6) is -5.64. The normalized spacial score (nSPS) is 33.9. The molecule has 8 aliphatic heterocycles. The maximum absolute atomic E-state index is 14.0. The van der Waals surface area contributed by atoms with Crippen molar-refractivity contribution in [3.63, 3.8) is 0 Å². The molecule has 0 amide bonds. The van der Waals surface area contributed by atoms with Gasteiger partial charge in [0.15, 0.2) is 71.2 Å². The van der Waals surface area contributed by atoms with E-state index in [0.29, 0.717) is 56.4 Å². The minimum Gasteiger partial charge on any atom is -0.493 e. The Hall–Kier alpha value is -7.40. The quantitative estimate of drug-likeness (QED) is 0.0593. The lowest BCUT2D eigenvalue weighted by Gasteiger charge is -2.47. The van der Waals surface area contributed by atoms with Crippen LogP contribution in [0.25, 0.3) is 0 Å². The highest BCUT2D eigenvalue weighted by Gasteiger charge is 2.59. The summed E-state index contributed by atoms with van der Waals surface area (Å²) < 4.78 is 129. The summed E-state index contributed by atoms with van der Waals surface area (Å²) in [6.07, 6.45) is -15.0. The molecule has 0 radical (unpaired) electrons. The first-order valence-corrected chi connectivity index (χ1v) is 30.7. The summed E-state index contributed by atoms with van der Waals surface area (Å²) in [5, 5.41) is 45.0. The van der Waals surface area contributed by atoms with E-state index in [1.165, 1.54) is 28.4 Å². The number of methoxy groups -OCH3 is 4. The lowest BCUT2D eigenvalue weighted by molar-refractivity contribution is -0.364. The highest BCUT2D eigenvalue weighted by Crippen LogP contribution is 2.60. The topological polar surface area (TPSA) is 352 Å². The standard InChI is InChI=1S/C64H70O30/c1-25-79-19-43-59(87-25)51(67)53(69)63(89-43)93-55-31-15-37-35(83-23-85-37)13-29(31)47(49-33(55)17-81-61(49)71)27-9-39(73-3)57(40(10-27)74-4)91-45(65)21-77-7-8-78-22-46(66)92-58-41(75-5)11-28(12-42(58)76-6)48-30-14-36-38(86-24-84-36)16-32(30)56(34-18-82-62(72)50(34)48)94-64-54(70)52(68)60-44(90-64)20-80-26(2)88-60/h9-16,25-26,33-34,43-44,47-56,59-60,63-64,67-70H,7-8,17-24H2,1-6H3/t25?,26?,33-,34-,43?,44?,47+,48+,49-,50-,51?,52?,53?,54?,55?,56?,59?,60?,63?,64?/m0/s1. The van der Waals surface area contributed by atoms with Crippen molar-refractivity contribution in [3.8, 4) is 57.5 Å². The monoisotopic (exact) mass is 1320 g/mol. The van der Waals surface area contributed by atoms with Crippen molar-refractivity contribution < 1.29 is 144 Å². The van der Waals surface area contributed by atoms with Gasteiger partial charge in [-0.3, -0.25) is 9.59 Å². The van der Waals surface area contributed by atoms with Crippen LogP contribution in [0.15, 0.2) is 48.5 Å². The van der Waals surface area contributed by atoms with Gasteiger partial charge in [0.2, 0.25) is 25.1 Å². The Kier molecular flexibility index (Phi) is 17.9. The molecule has 14 rings (SSSR count). The summed E-state index contributed by atoms with van der Waals surface area (Å²) in [6, 6.07) is 13.5. The van der Waals surface area contributed by atoms with Crippen LogP contribution in [0.4, 0.5) is 0 Å². The Labute approximate surface area is 535 Å². The number of aliphatic hydroxyl groups is 4.